The quantitative estimate of drug-likeness (QED) is 0.659. The van der Waals surface area contributed by atoms with Gasteiger partial charge in [0.2, 0.25) is 5.88 Å². The molecule has 0 unspecified atom stereocenters. The Labute approximate surface area is 108 Å². The summed E-state index contributed by atoms with van der Waals surface area (Å²) in [7, 11) is 0. The Hall–Kier alpha value is -2.32. The maximum absolute atomic E-state index is 5.46. The van der Waals surface area contributed by atoms with Gasteiger partial charge in [-0.05, 0) is 11.4 Å². The maximum Gasteiger partial charge on any atom is 0.217 e. The van der Waals surface area contributed by atoms with E-state index in [0.717, 1.165) is 10.5 Å². The zero-order valence-electron chi connectivity index (χ0n) is 9.41. The number of hydrogen-bond acceptors (Lipinski definition) is 4. The highest BCUT2D eigenvalue weighted by Gasteiger charge is 1.97. The summed E-state index contributed by atoms with van der Waals surface area (Å²) >= 11 is 1.62. The van der Waals surface area contributed by atoms with Crippen LogP contribution in [0.1, 0.15) is 4.88 Å². The third-order valence-electron chi connectivity index (χ3n) is 2.26. The normalized spacial score (nSPS) is 10.0. The lowest BCUT2D eigenvalue weighted by molar-refractivity contribution is 0.355. The fourth-order valence-corrected chi connectivity index (χ4v) is 2.05. The Morgan fingerprint density at radius 1 is 1.33 bits per heavy atom. The summed E-state index contributed by atoms with van der Waals surface area (Å²) in [5.41, 5.74) is 0.763. The average Bonchev–Trinajstić information content (AvgIpc) is 3.05. The van der Waals surface area contributed by atoms with Crippen molar-refractivity contribution >= 4 is 17.0 Å². The smallest absolute Gasteiger partial charge is 0.217 e. The van der Waals surface area contributed by atoms with Crippen molar-refractivity contribution in [2.45, 2.75) is 0 Å². The Kier molecular flexibility index (Phi) is 2.94. The van der Waals surface area contributed by atoms with E-state index in [4.69, 9.17) is 4.74 Å². The molecule has 4 nitrogen and oxygen atoms in total. The minimum atomic E-state index is 0.329. The number of nitrogens with zero attached hydrogens (tertiary/aromatic N) is 3. The molecule has 3 aromatic rings. The molecule has 5 heteroatoms. The summed E-state index contributed by atoms with van der Waals surface area (Å²) in [6.45, 7) is 0.329. The van der Waals surface area contributed by atoms with Crippen molar-refractivity contribution in [2.24, 2.45) is 0 Å². The fourth-order valence-electron chi connectivity index (χ4n) is 1.46. The highest BCUT2D eigenvalue weighted by molar-refractivity contribution is 7.10. The first-order chi connectivity index (χ1) is 8.92. The Morgan fingerprint density at radius 2 is 2.33 bits per heavy atom. The summed E-state index contributed by atoms with van der Waals surface area (Å²) in [6.07, 6.45) is 3.51. The first-order valence-electron chi connectivity index (χ1n) is 5.37. The van der Waals surface area contributed by atoms with Crippen molar-refractivity contribution in [2.75, 3.05) is 6.61 Å². The van der Waals surface area contributed by atoms with Crippen LogP contribution in [0.25, 0.3) is 5.65 Å². The van der Waals surface area contributed by atoms with Crippen LogP contribution in [-0.4, -0.2) is 21.2 Å². The molecular formula is C13H9N3OS. The van der Waals surface area contributed by atoms with Crippen molar-refractivity contribution in [1.82, 2.24) is 14.6 Å². The summed E-state index contributed by atoms with van der Waals surface area (Å²) in [6, 6.07) is 7.55. The summed E-state index contributed by atoms with van der Waals surface area (Å²) in [5.74, 6) is 6.54. The molecule has 18 heavy (non-hydrogen) atoms. The van der Waals surface area contributed by atoms with E-state index in [2.05, 4.69) is 21.9 Å². The van der Waals surface area contributed by atoms with Gasteiger partial charge in [0.1, 0.15) is 0 Å². The predicted molar refractivity (Wildman–Crippen MR) is 69.7 cm³/mol. The molecule has 3 aromatic heterocycles. The van der Waals surface area contributed by atoms with Crippen LogP contribution < -0.4 is 4.74 Å². The number of hydrogen-bond donors (Lipinski definition) is 0. The van der Waals surface area contributed by atoms with Gasteiger partial charge in [0.05, 0.1) is 11.1 Å². The largest absolute Gasteiger partial charge is 0.464 e. The monoisotopic (exact) mass is 255 g/mol. The van der Waals surface area contributed by atoms with Gasteiger partial charge in [0, 0.05) is 18.3 Å². The van der Waals surface area contributed by atoms with E-state index in [-0.39, 0.29) is 0 Å². The second-order valence-electron chi connectivity index (χ2n) is 3.47. The van der Waals surface area contributed by atoms with Crippen molar-refractivity contribution in [3.63, 3.8) is 0 Å². The highest BCUT2D eigenvalue weighted by atomic mass is 32.1. The molecule has 0 spiro atoms. The lowest BCUT2D eigenvalue weighted by atomic mass is 10.4. The number of aromatic nitrogens is 3. The van der Waals surface area contributed by atoms with Crippen LogP contribution in [0.15, 0.2) is 42.0 Å². The molecule has 0 fully saturated rings. The molecule has 3 rings (SSSR count). The number of rotatable bonds is 2. The summed E-state index contributed by atoms with van der Waals surface area (Å²) < 4.78 is 7.15. The van der Waals surface area contributed by atoms with Gasteiger partial charge in [-0.15, -0.1) is 11.3 Å². The molecule has 3 heterocycles. The minimum absolute atomic E-state index is 0.329. The van der Waals surface area contributed by atoms with Gasteiger partial charge in [-0.1, -0.05) is 17.9 Å². The van der Waals surface area contributed by atoms with Crippen LogP contribution in [-0.2, 0) is 0 Å². The van der Waals surface area contributed by atoms with Crippen molar-refractivity contribution in [3.05, 3.63) is 46.9 Å². The summed E-state index contributed by atoms with van der Waals surface area (Å²) in [5, 5.41) is 6.06. The molecule has 0 radical (unpaired) electrons. The van der Waals surface area contributed by atoms with Gasteiger partial charge in [-0.2, -0.15) is 10.1 Å². The third kappa shape index (κ3) is 2.34. The molecule has 0 N–H and O–H groups in total. The van der Waals surface area contributed by atoms with Gasteiger partial charge < -0.3 is 4.74 Å². The Morgan fingerprint density at radius 3 is 3.22 bits per heavy atom. The molecule has 0 aromatic carbocycles. The second kappa shape index (κ2) is 4.90. The first-order valence-corrected chi connectivity index (χ1v) is 6.25. The number of ether oxygens (including phenoxy) is 1. The third-order valence-corrected chi connectivity index (χ3v) is 3.04. The molecule has 0 aliphatic rings. The van der Waals surface area contributed by atoms with Crippen LogP contribution in [0.4, 0.5) is 0 Å². The molecule has 0 amide bonds. The molecule has 0 bridgehead atoms. The van der Waals surface area contributed by atoms with Crippen LogP contribution in [0.5, 0.6) is 5.88 Å². The van der Waals surface area contributed by atoms with E-state index in [1.165, 1.54) is 0 Å². The number of fused-ring (bicyclic) bond motifs is 1. The fraction of sp³-hybridized carbons (Fsp3) is 0.0769. The zero-order chi connectivity index (χ0) is 12.2. The lowest BCUT2D eigenvalue weighted by Gasteiger charge is -2.00. The van der Waals surface area contributed by atoms with Gasteiger partial charge in [-0.25, -0.2) is 4.52 Å². The van der Waals surface area contributed by atoms with Crippen molar-refractivity contribution < 1.29 is 4.74 Å². The van der Waals surface area contributed by atoms with Crippen LogP contribution in [0, 0.1) is 11.8 Å². The molecule has 0 aliphatic heterocycles. The average molecular weight is 255 g/mol. The van der Waals surface area contributed by atoms with E-state index < -0.39 is 0 Å². The van der Waals surface area contributed by atoms with Gasteiger partial charge in [0.15, 0.2) is 12.3 Å². The van der Waals surface area contributed by atoms with E-state index in [0.29, 0.717) is 12.5 Å². The second-order valence-corrected chi connectivity index (χ2v) is 4.42. The predicted octanol–water partition coefficient (Wildman–Crippen LogP) is 2.22. The van der Waals surface area contributed by atoms with Crippen molar-refractivity contribution in [3.8, 4) is 17.7 Å². The Bertz CT molecular complexity index is 706. The van der Waals surface area contributed by atoms with E-state index in [9.17, 15) is 0 Å². The van der Waals surface area contributed by atoms with Gasteiger partial charge in [-0.3, -0.25) is 0 Å². The molecule has 88 valence electrons. The zero-order valence-corrected chi connectivity index (χ0v) is 10.2. The van der Waals surface area contributed by atoms with Crippen LogP contribution in [0.2, 0.25) is 0 Å². The SMILES string of the molecule is C(#Cc1cccs1)COc1ccn2nccc2n1. The standard InChI is InChI=1S/C13H9N3OS/c1(3-11-4-2-10-18-11)9-17-13-6-8-16-12(15-13)5-7-14-16/h2,4-8,10H,9H2. The van der Waals surface area contributed by atoms with Crippen LogP contribution >= 0.6 is 11.3 Å². The molecule has 0 atom stereocenters. The van der Waals surface area contributed by atoms with E-state index >= 15 is 0 Å². The lowest BCUT2D eigenvalue weighted by Crippen LogP contribution is -1.98. The first kappa shape index (κ1) is 10.8. The minimum Gasteiger partial charge on any atom is -0.464 e. The highest BCUT2D eigenvalue weighted by Crippen LogP contribution is 2.08. The summed E-state index contributed by atoms with van der Waals surface area (Å²) in [4.78, 5) is 5.32. The van der Waals surface area contributed by atoms with E-state index in [1.54, 1.807) is 28.1 Å². The Balaban J connectivity index is 1.66. The van der Waals surface area contributed by atoms with E-state index in [1.807, 2.05) is 29.8 Å². The molecule has 0 aliphatic carbocycles. The molecular weight excluding hydrogens is 246 g/mol. The topological polar surface area (TPSA) is 39.4 Å². The van der Waals surface area contributed by atoms with Crippen LogP contribution in [0.3, 0.4) is 0 Å². The van der Waals surface area contributed by atoms with Gasteiger partial charge >= 0.3 is 0 Å². The van der Waals surface area contributed by atoms with Crippen molar-refractivity contribution in [1.29, 1.82) is 0 Å². The number of thiophene rings is 1. The van der Waals surface area contributed by atoms with Gasteiger partial charge in [0.25, 0.3) is 0 Å². The molecule has 0 saturated carbocycles. The maximum atomic E-state index is 5.46. The molecule has 0 saturated heterocycles.